The molecule has 0 bridgehead atoms. The number of carbonyl (C=O) groups excluding carboxylic acids is 2. The monoisotopic (exact) mass is 479 g/mol. The average molecular weight is 480 g/mol. The van der Waals surface area contributed by atoms with E-state index in [-0.39, 0.29) is 30.7 Å². The van der Waals surface area contributed by atoms with Crippen LogP contribution in [0.1, 0.15) is 58.4 Å². The van der Waals surface area contributed by atoms with E-state index < -0.39 is 0 Å². The van der Waals surface area contributed by atoms with Gasteiger partial charge in [0.1, 0.15) is 5.82 Å². The number of carbonyl (C=O) groups is 2. The molecule has 2 aromatic rings. The van der Waals surface area contributed by atoms with Crippen molar-refractivity contribution in [3.8, 4) is 0 Å². The van der Waals surface area contributed by atoms with E-state index in [0.29, 0.717) is 11.8 Å². The van der Waals surface area contributed by atoms with Gasteiger partial charge in [-0.2, -0.15) is 0 Å². The van der Waals surface area contributed by atoms with Crippen molar-refractivity contribution < 1.29 is 9.59 Å². The third-order valence-electron chi connectivity index (χ3n) is 8.06. The minimum absolute atomic E-state index is 0.0306. The zero-order valence-corrected chi connectivity index (χ0v) is 21.8. The number of benzene rings is 1. The molecule has 2 amide bonds. The molecule has 7 nitrogen and oxygen atoms in total. The molecule has 2 fully saturated rings. The molecule has 1 aliphatic heterocycles. The van der Waals surface area contributed by atoms with Crippen LogP contribution in [0.3, 0.4) is 0 Å². The molecular formula is C28H41N5O2. The van der Waals surface area contributed by atoms with E-state index in [1.807, 2.05) is 18.2 Å². The highest BCUT2D eigenvalue weighted by molar-refractivity contribution is 5.96. The van der Waals surface area contributed by atoms with Gasteiger partial charge in [-0.15, -0.1) is 0 Å². The lowest BCUT2D eigenvalue weighted by Crippen LogP contribution is -2.46. The van der Waals surface area contributed by atoms with E-state index in [2.05, 4.69) is 54.2 Å². The number of piperazine rings is 1. The molecule has 1 aromatic heterocycles. The van der Waals surface area contributed by atoms with Crippen molar-refractivity contribution in [1.29, 1.82) is 0 Å². The summed E-state index contributed by atoms with van der Waals surface area (Å²) in [4.78, 5) is 34.7. The van der Waals surface area contributed by atoms with E-state index in [1.54, 1.807) is 0 Å². The number of fused-ring (bicyclic) bond motifs is 1. The van der Waals surface area contributed by atoms with Gasteiger partial charge < -0.3 is 20.4 Å². The van der Waals surface area contributed by atoms with Gasteiger partial charge in [-0.05, 0) is 61.6 Å². The number of pyridine rings is 1. The lowest BCUT2D eigenvalue weighted by atomic mass is 9.78. The van der Waals surface area contributed by atoms with Crippen LogP contribution in [0, 0.1) is 18.8 Å². The molecule has 190 valence electrons. The lowest BCUT2D eigenvalue weighted by Gasteiger charge is -2.35. The third kappa shape index (κ3) is 6.31. The summed E-state index contributed by atoms with van der Waals surface area (Å²) in [6.45, 7) is 14.0. The first kappa shape index (κ1) is 25.4. The Labute approximate surface area is 209 Å². The second-order valence-electron chi connectivity index (χ2n) is 10.4. The third-order valence-corrected chi connectivity index (χ3v) is 8.06. The van der Waals surface area contributed by atoms with Crippen molar-refractivity contribution in [2.75, 3.05) is 42.9 Å². The summed E-state index contributed by atoms with van der Waals surface area (Å²) in [5.74, 6) is 1.97. The number of anilines is 2. The van der Waals surface area contributed by atoms with Gasteiger partial charge in [-0.25, -0.2) is 4.98 Å². The van der Waals surface area contributed by atoms with Gasteiger partial charge in [-0.1, -0.05) is 33.6 Å². The zero-order chi connectivity index (χ0) is 24.9. The second-order valence-corrected chi connectivity index (χ2v) is 10.4. The SMILES string of the molecule is CCN1CCN(c2cc(C)c3cc(NC(=O)CCC(=O)N[C@@H]4CCC[C@@H](C)[C@H]4C)ccc3n2)CC1. The fraction of sp³-hybridized carbons (Fsp3) is 0.607. The number of rotatable bonds is 7. The minimum atomic E-state index is -0.138. The molecule has 4 rings (SSSR count). The van der Waals surface area contributed by atoms with Crippen molar-refractivity contribution in [3.05, 3.63) is 29.8 Å². The van der Waals surface area contributed by atoms with Gasteiger partial charge in [0.05, 0.1) is 5.52 Å². The van der Waals surface area contributed by atoms with Crippen molar-refractivity contribution in [2.24, 2.45) is 11.8 Å². The minimum Gasteiger partial charge on any atom is -0.354 e. The molecule has 2 heterocycles. The smallest absolute Gasteiger partial charge is 0.224 e. The van der Waals surface area contributed by atoms with Gasteiger partial charge in [0.25, 0.3) is 0 Å². The Kier molecular flexibility index (Phi) is 8.26. The number of nitrogens with one attached hydrogen (secondary N) is 2. The fourth-order valence-corrected chi connectivity index (χ4v) is 5.42. The van der Waals surface area contributed by atoms with Crippen molar-refractivity contribution in [2.45, 2.75) is 65.8 Å². The van der Waals surface area contributed by atoms with Crippen LogP contribution in [-0.4, -0.2) is 60.5 Å². The van der Waals surface area contributed by atoms with Crippen LogP contribution in [-0.2, 0) is 9.59 Å². The standard InChI is InChI=1S/C28H41N5O2/c1-5-32-13-15-33(16-14-32)26-17-20(3)23-18-22(9-10-25(23)30-26)29-27(34)11-12-28(35)31-24-8-6-7-19(2)21(24)4/h9-10,17-19,21,24H,5-8,11-16H2,1-4H3,(H,29,34)(H,31,35)/t19-,21-,24-/m1/s1. The Balaban J connectivity index is 1.32. The molecule has 0 unspecified atom stereocenters. The Morgan fingerprint density at radius 3 is 2.51 bits per heavy atom. The van der Waals surface area contributed by atoms with Crippen molar-refractivity contribution in [3.63, 3.8) is 0 Å². The zero-order valence-electron chi connectivity index (χ0n) is 21.8. The normalized spacial score (nSPS) is 23.3. The number of aromatic nitrogens is 1. The fourth-order valence-electron chi connectivity index (χ4n) is 5.42. The van der Waals surface area contributed by atoms with Crippen LogP contribution >= 0.6 is 0 Å². The highest BCUT2D eigenvalue weighted by Crippen LogP contribution is 2.29. The van der Waals surface area contributed by atoms with Gasteiger partial charge >= 0.3 is 0 Å². The van der Waals surface area contributed by atoms with E-state index in [1.165, 1.54) is 6.42 Å². The number of hydrogen-bond donors (Lipinski definition) is 2. The first-order valence-electron chi connectivity index (χ1n) is 13.3. The molecule has 0 spiro atoms. The molecule has 3 atom stereocenters. The van der Waals surface area contributed by atoms with Gasteiger partial charge in [-0.3, -0.25) is 9.59 Å². The molecule has 1 saturated heterocycles. The maximum Gasteiger partial charge on any atom is 0.224 e. The molecular weight excluding hydrogens is 438 g/mol. The summed E-state index contributed by atoms with van der Waals surface area (Å²) in [5, 5.41) is 7.16. The maximum atomic E-state index is 12.5. The number of hydrogen-bond acceptors (Lipinski definition) is 5. The molecule has 7 heteroatoms. The first-order chi connectivity index (χ1) is 16.8. The summed E-state index contributed by atoms with van der Waals surface area (Å²) < 4.78 is 0. The Hall–Kier alpha value is -2.67. The second kappa shape index (κ2) is 11.4. The van der Waals surface area contributed by atoms with Crippen molar-refractivity contribution in [1.82, 2.24) is 15.2 Å². The summed E-state index contributed by atoms with van der Waals surface area (Å²) in [6.07, 6.45) is 3.81. The average Bonchev–Trinajstić information content (AvgIpc) is 2.86. The summed E-state index contributed by atoms with van der Waals surface area (Å²) in [5.41, 5.74) is 2.83. The van der Waals surface area contributed by atoms with Gasteiger partial charge in [0, 0.05) is 56.1 Å². The number of nitrogens with zero attached hydrogens (tertiary/aromatic N) is 3. The molecule has 1 aliphatic carbocycles. The molecule has 0 radical (unpaired) electrons. The largest absolute Gasteiger partial charge is 0.354 e. The van der Waals surface area contributed by atoms with E-state index >= 15 is 0 Å². The highest BCUT2D eigenvalue weighted by Gasteiger charge is 2.28. The molecule has 2 aliphatic rings. The number of likely N-dealkylation sites (N-methyl/N-ethyl adjacent to an activating group) is 1. The topological polar surface area (TPSA) is 77.6 Å². The van der Waals surface area contributed by atoms with E-state index in [4.69, 9.17) is 4.98 Å². The van der Waals surface area contributed by atoms with E-state index in [9.17, 15) is 9.59 Å². The maximum absolute atomic E-state index is 12.5. The Morgan fingerprint density at radius 1 is 1.03 bits per heavy atom. The lowest BCUT2D eigenvalue weighted by molar-refractivity contribution is -0.125. The van der Waals surface area contributed by atoms with Gasteiger partial charge in [0.15, 0.2) is 0 Å². The van der Waals surface area contributed by atoms with Crippen LogP contribution < -0.4 is 15.5 Å². The quantitative estimate of drug-likeness (QED) is 0.618. The Morgan fingerprint density at radius 2 is 1.77 bits per heavy atom. The molecule has 1 aromatic carbocycles. The number of amides is 2. The van der Waals surface area contributed by atoms with Crippen molar-refractivity contribution >= 4 is 34.2 Å². The van der Waals surface area contributed by atoms with Crippen LogP contribution in [0.2, 0.25) is 0 Å². The molecule has 35 heavy (non-hydrogen) atoms. The summed E-state index contributed by atoms with van der Waals surface area (Å²) in [6, 6.07) is 8.23. The van der Waals surface area contributed by atoms with E-state index in [0.717, 1.165) is 73.5 Å². The number of aryl methyl sites for hydroxylation is 1. The predicted molar refractivity (Wildman–Crippen MR) is 143 cm³/mol. The summed E-state index contributed by atoms with van der Waals surface area (Å²) in [7, 11) is 0. The summed E-state index contributed by atoms with van der Waals surface area (Å²) >= 11 is 0. The van der Waals surface area contributed by atoms with Crippen LogP contribution in [0.15, 0.2) is 24.3 Å². The first-order valence-corrected chi connectivity index (χ1v) is 13.3. The molecule has 2 N–H and O–H groups in total. The highest BCUT2D eigenvalue weighted by atomic mass is 16.2. The predicted octanol–water partition coefficient (Wildman–Crippen LogP) is 4.34. The van der Waals surface area contributed by atoms with Gasteiger partial charge in [0.2, 0.25) is 11.8 Å². The van der Waals surface area contributed by atoms with Crippen LogP contribution in [0.4, 0.5) is 11.5 Å². The van der Waals surface area contributed by atoms with Crippen LogP contribution in [0.25, 0.3) is 10.9 Å². The van der Waals surface area contributed by atoms with Crippen LogP contribution in [0.5, 0.6) is 0 Å². The molecule has 1 saturated carbocycles. The Bertz CT molecular complexity index is 1050.